The molecule has 2 aromatic rings. The molecule has 0 aliphatic rings. The summed E-state index contributed by atoms with van der Waals surface area (Å²) in [6, 6.07) is 20.5. The van der Waals surface area contributed by atoms with E-state index in [1.165, 1.54) is 11.0 Å². The summed E-state index contributed by atoms with van der Waals surface area (Å²) in [4.78, 5) is 0. The average Bonchev–Trinajstić information content (AvgIpc) is 2.32. The van der Waals surface area contributed by atoms with Crippen molar-refractivity contribution in [3.8, 4) is 0 Å². The highest BCUT2D eigenvalue weighted by Crippen LogP contribution is 1.92. The predicted octanol–water partition coefficient (Wildman–Crippen LogP) is 3.06. The molecule has 0 saturated heterocycles. The molecule has 0 saturated carbocycles. The van der Waals surface area contributed by atoms with Crippen molar-refractivity contribution in [2.45, 2.75) is 13.7 Å². The number of hydrogen-bond donors (Lipinski definition) is 0. The van der Waals surface area contributed by atoms with Gasteiger partial charge in [-0.1, -0.05) is 78.5 Å². The first-order valence-corrected chi connectivity index (χ1v) is 5.19. The number of benzene rings is 2. The van der Waals surface area contributed by atoms with Gasteiger partial charge in [-0.3, -0.25) is 0 Å². The highest BCUT2D eigenvalue weighted by atomic mass is 13.8. The molecule has 0 heterocycles. The van der Waals surface area contributed by atoms with Gasteiger partial charge in [-0.05, 0) is 6.92 Å². The van der Waals surface area contributed by atoms with Gasteiger partial charge in [-0.25, -0.2) is 0 Å². The van der Waals surface area contributed by atoms with Crippen LogP contribution in [-0.2, 0) is 0 Å². The molecule has 0 aliphatic carbocycles. The van der Waals surface area contributed by atoms with Crippen LogP contribution in [-0.4, -0.2) is 7.28 Å². The molecule has 0 bridgehead atoms. The molecule has 15 heavy (non-hydrogen) atoms. The van der Waals surface area contributed by atoms with Crippen LogP contribution in [0.25, 0.3) is 0 Å². The molecular formula is C14H16B. The minimum atomic E-state index is 1.28. The zero-order valence-corrected chi connectivity index (χ0v) is 9.35. The highest BCUT2D eigenvalue weighted by molar-refractivity contribution is 6.51. The van der Waals surface area contributed by atoms with E-state index in [0.29, 0.717) is 0 Å². The molecule has 2 rings (SSSR count). The van der Waals surface area contributed by atoms with Crippen LogP contribution in [0.5, 0.6) is 0 Å². The van der Waals surface area contributed by atoms with Gasteiger partial charge in [-0.2, -0.15) is 0 Å². The monoisotopic (exact) mass is 195 g/mol. The van der Waals surface area contributed by atoms with Gasteiger partial charge in [0, 0.05) is 0 Å². The SMILES string of the molecule is C[B]c1ccccc1.Cc1ccccc1. The Hall–Kier alpha value is -1.50. The lowest BCUT2D eigenvalue weighted by atomic mass is 9.74. The van der Waals surface area contributed by atoms with E-state index in [1.54, 1.807) is 0 Å². The maximum Gasteiger partial charge on any atom is 0.148 e. The van der Waals surface area contributed by atoms with Crippen LogP contribution >= 0.6 is 0 Å². The Balaban J connectivity index is 0.000000151. The first kappa shape index (κ1) is 11.6. The maximum atomic E-state index is 2.08. The summed E-state index contributed by atoms with van der Waals surface area (Å²) in [5.41, 5.74) is 2.61. The third kappa shape index (κ3) is 5.07. The average molecular weight is 195 g/mol. The van der Waals surface area contributed by atoms with E-state index in [4.69, 9.17) is 0 Å². The molecule has 0 aromatic heterocycles. The molecule has 0 amide bonds. The first-order chi connectivity index (χ1) is 7.33. The summed E-state index contributed by atoms with van der Waals surface area (Å²) in [7, 11) is 2.08. The zero-order valence-electron chi connectivity index (χ0n) is 9.35. The second-order valence-electron chi connectivity index (χ2n) is 3.35. The van der Waals surface area contributed by atoms with Crippen molar-refractivity contribution in [1.82, 2.24) is 0 Å². The Bertz CT molecular complexity index is 354. The summed E-state index contributed by atoms with van der Waals surface area (Å²) in [5.74, 6) is 0. The Morgan fingerprint density at radius 3 is 1.47 bits per heavy atom. The molecule has 0 N–H and O–H groups in total. The lowest BCUT2D eigenvalue weighted by Gasteiger charge is -1.88. The number of aryl methyl sites for hydroxylation is 1. The molecule has 1 radical (unpaired) electrons. The molecule has 0 unspecified atom stereocenters. The van der Waals surface area contributed by atoms with Gasteiger partial charge in [0.2, 0.25) is 0 Å². The molecule has 75 valence electrons. The largest absolute Gasteiger partial charge is 0.148 e. The van der Waals surface area contributed by atoms with E-state index in [1.807, 2.05) is 43.2 Å². The van der Waals surface area contributed by atoms with Crippen LogP contribution in [0.3, 0.4) is 0 Å². The van der Waals surface area contributed by atoms with Crippen molar-refractivity contribution in [1.29, 1.82) is 0 Å². The van der Waals surface area contributed by atoms with E-state index < -0.39 is 0 Å². The van der Waals surface area contributed by atoms with Crippen LogP contribution in [0.2, 0.25) is 6.82 Å². The third-order valence-electron chi connectivity index (χ3n) is 2.07. The summed E-state index contributed by atoms with van der Waals surface area (Å²) in [6.45, 7) is 4.12. The van der Waals surface area contributed by atoms with Crippen molar-refractivity contribution >= 4 is 12.7 Å². The molecule has 0 atom stereocenters. The normalized spacial score (nSPS) is 8.67. The van der Waals surface area contributed by atoms with Gasteiger partial charge < -0.3 is 0 Å². The molecule has 0 aliphatic heterocycles. The Kier molecular flexibility index (Phi) is 5.31. The second kappa shape index (κ2) is 6.89. The minimum absolute atomic E-state index is 1.28. The van der Waals surface area contributed by atoms with Gasteiger partial charge in [-0.15, -0.1) is 0 Å². The van der Waals surface area contributed by atoms with E-state index in [-0.39, 0.29) is 0 Å². The first-order valence-electron chi connectivity index (χ1n) is 5.19. The number of hydrogen-bond acceptors (Lipinski definition) is 0. The summed E-state index contributed by atoms with van der Waals surface area (Å²) >= 11 is 0. The summed E-state index contributed by atoms with van der Waals surface area (Å²) in [6.07, 6.45) is 0. The lowest BCUT2D eigenvalue weighted by Crippen LogP contribution is -2.07. The smallest absolute Gasteiger partial charge is 0.0881 e. The van der Waals surface area contributed by atoms with Gasteiger partial charge in [0.15, 0.2) is 0 Å². The Labute approximate surface area is 93.2 Å². The topological polar surface area (TPSA) is 0 Å². The maximum absolute atomic E-state index is 2.08. The Morgan fingerprint density at radius 2 is 1.20 bits per heavy atom. The van der Waals surface area contributed by atoms with Crippen molar-refractivity contribution < 1.29 is 0 Å². The molecular weight excluding hydrogens is 179 g/mol. The standard InChI is InChI=1S/C7H8B.C7H8/c1-8-7-5-3-2-4-6-7;1-7-5-3-2-4-6-7/h2-6H,1H3;2-6H,1H3. The van der Waals surface area contributed by atoms with Crippen LogP contribution < -0.4 is 5.46 Å². The second-order valence-corrected chi connectivity index (χ2v) is 3.35. The third-order valence-corrected chi connectivity index (χ3v) is 2.07. The van der Waals surface area contributed by atoms with Crippen molar-refractivity contribution in [2.24, 2.45) is 0 Å². The van der Waals surface area contributed by atoms with Crippen molar-refractivity contribution in [3.05, 3.63) is 66.2 Å². The minimum Gasteiger partial charge on any atom is -0.0881 e. The van der Waals surface area contributed by atoms with E-state index in [2.05, 4.69) is 38.5 Å². The molecule has 1 heteroatoms. The predicted molar refractivity (Wildman–Crippen MR) is 68.9 cm³/mol. The fraction of sp³-hybridized carbons (Fsp3) is 0.143. The summed E-state index contributed by atoms with van der Waals surface area (Å²) in [5, 5.41) is 0. The van der Waals surface area contributed by atoms with Crippen LogP contribution in [0.1, 0.15) is 5.56 Å². The van der Waals surface area contributed by atoms with Gasteiger partial charge in [0.1, 0.15) is 7.28 Å². The van der Waals surface area contributed by atoms with Gasteiger partial charge in [0.05, 0.1) is 0 Å². The van der Waals surface area contributed by atoms with E-state index >= 15 is 0 Å². The fourth-order valence-electron chi connectivity index (χ4n) is 1.18. The molecule has 0 nitrogen and oxygen atoms in total. The summed E-state index contributed by atoms with van der Waals surface area (Å²) < 4.78 is 0. The Morgan fingerprint density at radius 1 is 0.733 bits per heavy atom. The highest BCUT2D eigenvalue weighted by Gasteiger charge is 1.82. The van der Waals surface area contributed by atoms with Crippen LogP contribution in [0.15, 0.2) is 60.7 Å². The number of rotatable bonds is 1. The van der Waals surface area contributed by atoms with Crippen LogP contribution in [0.4, 0.5) is 0 Å². The molecule has 2 aromatic carbocycles. The van der Waals surface area contributed by atoms with Crippen molar-refractivity contribution in [3.63, 3.8) is 0 Å². The molecule has 0 fully saturated rings. The van der Waals surface area contributed by atoms with E-state index in [0.717, 1.165) is 0 Å². The van der Waals surface area contributed by atoms with Crippen LogP contribution in [0, 0.1) is 6.92 Å². The van der Waals surface area contributed by atoms with E-state index in [9.17, 15) is 0 Å². The quantitative estimate of drug-likeness (QED) is 0.613. The zero-order chi connectivity index (χ0) is 10.9. The molecule has 0 spiro atoms. The van der Waals surface area contributed by atoms with Gasteiger partial charge in [0.25, 0.3) is 0 Å². The van der Waals surface area contributed by atoms with Crippen molar-refractivity contribution in [2.75, 3.05) is 0 Å². The van der Waals surface area contributed by atoms with Gasteiger partial charge >= 0.3 is 0 Å². The lowest BCUT2D eigenvalue weighted by molar-refractivity contribution is 1.48. The fourth-order valence-corrected chi connectivity index (χ4v) is 1.18.